The van der Waals surface area contributed by atoms with Crippen LogP contribution in [0.25, 0.3) is 0 Å². The molecule has 0 spiro atoms. The zero-order valence-electron chi connectivity index (χ0n) is 8.76. The minimum Gasteiger partial charge on any atom is -0.369 e. The molecule has 1 aliphatic heterocycles. The Labute approximate surface area is 80.1 Å². The van der Waals surface area contributed by atoms with Crippen LogP contribution in [0.3, 0.4) is 0 Å². The molecule has 1 amide bonds. The lowest BCUT2D eigenvalue weighted by Crippen LogP contribution is -2.47. The second-order valence-corrected chi connectivity index (χ2v) is 4.97. The van der Waals surface area contributed by atoms with Gasteiger partial charge in [-0.25, -0.2) is 0 Å². The summed E-state index contributed by atoms with van der Waals surface area (Å²) in [5, 5.41) is 3.32. The van der Waals surface area contributed by atoms with E-state index in [0.717, 1.165) is 19.5 Å². The predicted octanol–water partition coefficient (Wildman–Crippen LogP) is 0.744. The monoisotopic (exact) mass is 184 g/mol. The van der Waals surface area contributed by atoms with Gasteiger partial charge in [0.25, 0.3) is 0 Å². The van der Waals surface area contributed by atoms with E-state index in [1.165, 1.54) is 0 Å². The molecule has 0 aromatic carbocycles. The smallest absolute Gasteiger partial charge is 0.220 e. The van der Waals surface area contributed by atoms with Crippen LogP contribution in [0, 0.1) is 17.3 Å². The molecule has 1 fully saturated rings. The van der Waals surface area contributed by atoms with E-state index in [9.17, 15) is 4.79 Å². The van der Waals surface area contributed by atoms with Crippen LogP contribution in [0.4, 0.5) is 0 Å². The first-order valence-electron chi connectivity index (χ1n) is 4.93. The zero-order valence-corrected chi connectivity index (χ0v) is 8.76. The lowest BCUT2D eigenvalue weighted by atomic mass is 9.70. The number of carbonyl (C=O) groups is 1. The molecule has 0 bridgehead atoms. The predicted molar refractivity (Wildman–Crippen MR) is 53.1 cm³/mol. The summed E-state index contributed by atoms with van der Waals surface area (Å²) in [5.41, 5.74) is 5.55. The standard InChI is InChI=1S/C10H20N2O/c1-10(2,3)8-6-12-5-4-7(8)9(11)13/h7-8,12H,4-6H2,1-3H3,(H2,11,13). The van der Waals surface area contributed by atoms with Crippen molar-refractivity contribution in [2.24, 2.45) is 23.0 Å². The molecule has 13 heavy (non-hydrogen) atoms. The van der Waals surface area contributed by atoms with Crippen LogP contribution >= 0.6 is 0 Å². The first-order chi connectivity index (χ1) is 5.93. The van der Waals surface area contributed by atoms with Crippen molar-refractivity contribution in [3.8, 4) is 0 Å². The molecule has 3 nitrogen and oxygen atoms in total. The van der Waals surface area contributed by atoms with Crippen LogP contribution in [0.5, 0.6) is 0 Å². The van der Waals surface area contributed by atoms with Crippen molar-refractivity contribution in [1.82, 2.24) is 5.32 Å². The molecule has 2 atom stereocenters. The van der Waals surface area contributed by atoms with Gasteiger partial charge < -0.3 is 11.1 Å². The van der Waals surface area contributed by atoms with E-state index in [-0.39, 0.29) is 17.2 Å². The Morgan fingerprint density at radius 1 is 1.46 bits per heavy atom. The molecule has 0 saturated carbocycles. The van der Waals surface area contributed by atoms with E-state index < -0.39 is 0 Å². The van der Waals surface area contributed by atoms with Crippen molar-refractivity contribution in [3.05, 3.63) is 0 Å². The molecule has 1 rings (SSSR count). The van der Waals surface area contributed by atoms with Crippen LogP contribution in [0.2, 0.25) is 0 Å². The Balaban J connectivity index is 2.73. The molecule has 3 N–H and O–H groups in total. The number of rotatable bonds is 1. The molecule has 0 aromatic heterocycles. The highest BCUT2D eigenvalue weighted by Gasteiger charge is 2.36. The fourth-order valence-electron chi connectivity index (χ4n) is 2.11. The van der Waals surface area contributed by atoms with Gasteiger partial charge in [-0.3, -0.25) is 4.79 Å². The molecule has 0 aliphatic carbocycles. The minimum atomic E-state index is -0.138. The van der Waals surface area contributed by atoms with E-state index in [0.29, 0.717) is 5.92 Å². The summed E-state index contributed by atoms with van der Waals surface area (Å²) in [7, 11) is 0. The van der Waals surface area contributed by atoms with Gasteiger partial charge in [0.15, 0.2) is 0 Å². The van der Waals surface area contributed by atoms with Gasteiger partial charge in [0.2, 0.25) is 5.91 Å². The van der Waals surface area contributed by atoms with Gasteiger partial charge in [0.1, 0.15) is 0 Å². The van der Waals surface area contributed by atoms with Gasteiger partial charge in [-0.15, -0.1) is 0 Å². The van der Waals surface area contributed by atoms with Gasteiger partial charge >= 0.3 is 0 Å². The second kappa shape index (κ2) is 3.66. The average Bonchev–Trinajstić information content (AvgIpc) is 2.03. The Hall–Kier alpha value is -0.570. The molecule has 1 saturated heterocycles. The summed E-state index contributed by atoms with van der Waals surface area (Å²) in [6, 6.07) is 0. The third kappa shape index (κ3) is 2.44. The lowest BCUT2D eigenvalue weighted by Gasteiger charge is -2.39. The maximum absolute atomic E-state index is 11.2. The summed E-state index contributed by atoms with van der Waals surface area (Å²) >= 11 is 0. The molecular formula is C10H20N2O. The van der Waals surface area contributed by atoms with E-state index in [1.54, 1.807) is 0 Å². The molecule has 1 aliphatic rings. The lowest BCUT2D eigenvalue weighted by molar-refractivity contribution is -0.125. The van der Waals surface area contributed by atoms with Gasteiger partial charge in [-0.2, -0.15) is 0 Å². The van der Waals surface area contributed by atoms with E-state index in [2.05, 4.69) is 26.1 Å². The molecular weight excluding hydrogens is 164 g/mol. The first-order valence-corrected chi connectivity index (χ1v) is 4.93. The molecule has 2 unspecified atom stereocenters. The third-order valence-corrected chi connectivity index (χ3v) is 2.96. The number of primary amides is 1. The summed E-state index contributed by atoms with van der Waals surface area (Å²) in [4.78, 5) is 11.2. The summed E-state index contributed by atoms with van der Waals surface area (Å²) in [5.74, 6) is 0.293. The topological polar surface area (TPSA) is 55.1 Å². The van der Waals surface area contributed by atoms with Crippen molar-refractivity contribution in [1.29, 1.82) is 0 Å². The van der Waals surface area contributed by atoms with Crippen molar-refractivity contribution in [2.45, 2.75) is 27.2 Å². The fourth-order valence-corrected chi connectivity index (χ4v) is 2.11. The Morgan fingerprint density at radius 2 is 2.08 bits per heavy atom. The van der Waals surface area contributed by atoms with Crippen LogP contribution in [-0.4, -0.2) is 19.0 Å². The summed E-state index contributed by atoms with van der Waals surface area (Å²) in [6.45, 7) is 8.33. The van der Waals surface area contributed by atoms with E-state index in [1.807, 2.05) is 0 Å². The van der Waals surface area contributed by atoms with Crippen LogP contribution in [-0.2, 0) is 4.79 Å². The van der Waals surface area contributed by atoms with Crippen molar-refractivity contribution < 1.29 is 4.79 Å². The van der Waals surface area contributed by atoms with Gasteiger partial charge in [0, 0.05) is 5.92 Å². The largest absolute Gasteiger partial charge is 0.369 e. The Kier molecular flexibility index (Phi) is 2.96. The minimum absolute atomic E-state index is 0.0567. The first kappa shape index (κ1) is 10.5. The second-order valence-electron chi connectivity index (χ2n) is 4.97. The molecule has 3 heteroatoms. The summed E-state index contributed by atoms with van der Waals surface area (Å²) < 4.78 is 0. The maximum Gasteiger partial charge on any atom is 0.220 e. The normalized spacial score (nSPS) is 30.1. The van der Waals surface area contributed by atoms with Gasteiger partial charge in [0.05, 0.1) is 0 Å². The van der Waals surface area contributed by atoms with Crippen LogP contribution in [0.1, 0.15) is 27.2 Å². The highest BCUT2D eigenvalue weighted by atomic mass is 16.1. The third-order valence-electron chi connectivity index (χ3n) is 2.96. The number of carbonyl (C=O) groups excluding carboxylic acids is 1. The molecule has 1 heterocycles. The van der Waals surface area contributed by atoms with Crippen molar-refractivity contribution in [2.75, 3.05) is 13.1 Å². The number of hydrogen-bond donors (Lipinski definition) is 2. The average molecular weight is 184 g/mol. The number of hydrogen-bond acceptors (Lipinski definition) is 2. The van der Waals surface area contributed by atoms with Crippen LogP contribution < -0.4 is 11.1 Å². The maximum atomic E-state index is 11.2. The van der Waals surface area contributed by atoms with Gasteiger partial charge in [-0.1, -0.05) is 20.8 Å². The fraction of sp³-hybridized carbons (Fsp3) is 0.900. The van der Waals surface area contributed by atoms with Crippen LogP contribution in [0.15, 0.2) is 0 Å². The van der Waals surface area contributed by atoms with Crippen molar-refractivity contribution in [3.63, 3.8) is 0 Å². The Bertz CT molecular complexity index is 196. The number of piperidine rings is 1. The molecule has 0 radical (unpaired) electrons. The highest BCUT2D eigenvalue weighted by Crippen LogP contribution is 2.34. The zero-order chi connectivity index (χ0) is 10.1. The summed E-state index contributed by atoms with van der Waals surface area (Å²) in [6.07, 6.45) is 0.886. The Morgan fingerprint density at radius 3 is 2.46 bits per heavy atom. The molecule has 0 aromatic rings. The number of amides is 1. The number of nitrogens with two attached hydrogens (primary N) is 1. The highest BCUT2D eigenvalue weighted by molar-refractivity contribution is 5.77. The van der Waals surface area contributed by atoms with E-state index in [4.69, 9.17) is 5.73 Å². The van der Waals surface area contributed by atoms with Gasteiger partial charge in [-0.05, 0) is 30.8 Å². The quantitative estimate of drug-likeness (QED) is 0.631. The number of nitrogens with one attached hydrogen (secondary N) is 1. The SMILES string of the molecule is CC(C)(C)C1CNCCC1C(N)=O. The molecule has 76 valence electrons. The van der Waals surface area contributed by atoms with E-state index >= 15 is 0 Å². The van der Waals surface area contributed by atoms with Crippen molar-refractivity contribution >= 4 is 5.91 Å².